The minimum Gasteiger partial charge on any atom is -0.492 e. The van der Waals surface area contributed by atoms with E-state index in [0.29, 0.717) is 5.56 Å². The average molecular weight is 335 g/mol. The van der Waals surface area contributed by atoms with E-state index in [9.17, 15) is 4.79 Å². The van der Waals surface area contributed by atoms with Gasteiger partial charge in [0, 0.05) is 12.1 Å². The Hall–Kier alpha value is -2.39. The normalized spacial score (nSPS) is 15.4. The number of hydrogen-bond acceptors (Lipinski definition) is 3. The summed E-state index contributed by atoms with van der Waals surface area (Å²) in [5, 5.41) is 0. The van der Waals surface area contributed by atoms with Gasteiger partial charge >= 0.3 is 0 Å². The quantitative estimate of drug-likeness (QED) is 0.553. The molecule has 0 aromatic heterocycles. The lowest BCUT2D eigenvalue weighted by Gasteiger charge is -2.26. The summed E-state index contributed by atoms with van der Waals surface area (Å²) in [4.78, 5) is 14.5. The zero-order valence-electron chi connectivity index (χ0n) is 14.6. The number of hydrogen-bond donors (Lipinski definition) is 0. The molecule has 0 bridgehead atoms. The van der Waals surface area contributed by atoms with E-state index in [4.69, 9.17) is 4.74 Å². The van der Waals surface area contributed by atoms with Crippen molar-refractivity contribution in [2.24, 2.45) is 0 Å². The molecule has 3 heteroatoms. The predicted molar refractivity (Wildman–Crippen MR) is 102 cm³/mol. The maximum absolute atomic E-state index is 12.1. The summed E-state index contributed by atoms with van der Waals surface area (Å²) in [6, 6.07) is 17.2. The molecule has 0 spiro atoms. The lowest BCUT2D eigenvalue weighted by molar-refractivity contribution is 0.104. The Kier molecular flexibility index (Phi) is 6.41. The van der Waals surface area contributed by atoms with Crippen LogP contribution in [-0.4, -0.2) is 36.9 Å². The fourth-order valence-corrected chi connectivity index (χ4v) is 3.02. The second kappa shape index (κ2) is 9.19. The van der Waals surface area contributed by atoms with Crippen molar-refractivity contribution in [3.63, 3.8) is 0 Å². The molecule has 0 atom stereocenters. The smallest absolute Gasteiger partial charge is 0.185 e. The zero-order chi connectivity index (χ0) is 17.3. The molecule has 1 saturated heterocycles. The van der Waals surface area contributed by atoms with Crippen LogP contribution in [0.2, 0.25) is 0 Å². The van der Waals surface area contributed by atoms with E-state index in [0.717, 1.165) is 24.5 Å². The van der Waals surface area contributed by atoms with Crippen LogP contribution in [0.25, 0.3) is 6.08 Å². The molecule has 0 radical (unpaired) electrons. The number of rotatable bonds is 7. The van der Waals surface area contributed by atoms with Gasteiger partial charge in [-0.2, -0.15) is 0 Å². The third-order valence-electron chi connectivity index (χ3n) is 4.49. The van der Waals surface area contributed by atoms with Gasteiger partial charge in [-0.15, -0.1) is 0 Å². The van der Waals surface area contributed by atoms with E-state index < -0.39 is 0 Å². The summed E-state index contributed by atoms with van der Waals surface area (Å²) in [5.74, 6) is 0.894. The molecule has 1 fully saturated rings. The molecule has 0 aliphatic carbocycles. The van der Waals surface area contributed by atoms with Crippen molar-refractivity contribution in [3.8, 4) is 5.75 Å². The Morgan fingerprint density at radius 3 is 2.40 bits per heavy atom. The van der Waals surface area contributed by atoms with Crippen LogP contribution >= 0.6 is 0 Å². The zero-order valence-corrected chi connectivity index (χ0v) is 14.6. The Bertz CT molecular complexity index is 686. The highest BCUT2D eigenvalue weighted by Gasteiger charge is 2.09. The van der Waals surface area contributed by atoms with Crippen molar-refractivity contribution < 1.29 is 9.53 Å². The highest BCUT2D eigenvalue weighted by atomic mass is 16.5. The average Bonchev–Trinajstić information content (AvgIpc) is 2.68. The molecule has 0 unspecified atom stereocenters. The number of carbonyl (C=O) groups is 1. The summed E-state index contributed by atoms with van der Waals surface area (Å²) < 4.78 is 5.83. The van der Waals surface area contributed by atoms with Crippen LogP contribution in [0.4, 0.5) is 0 Å². The molecular formula is C22H25NO2. The van der Waals surface area contributed by atoms with Crippen molar-refractivity contribution in [3.05, 3.63) is 71.8 Å². The van der Waals surface area contributed by atoms with E-state index in [1.165, 1.54) is 32.4 Å². The number of likely N-dealkylation sites (tertiary alicyclic amines) is 1. The third kappa shape index (κ3) is 5.57. The van der Waals surface area contributed by atoms with Gasteiger partial charge in [-0.25, -0.2) is 0 Å². The topological polar surface area (TPSA) is 29.5 Å². The van der Waals surface area contributed by atoms with Crippen LogP contribution in [0.5, 0.6) is 5.75 Å². The molecule has 1 aliphatic rings. The number of carbonyl (C=O) groups excluding carboxylic acids is 1. The van der Waals surface area contributed by atoms with Crippen LogP contribution in [0.15, 0.2) is 60.7 Å². The molecule has 3 rings (SSSR count). The van der Waals surface area contributed by atoms with Crippen LogP contribution in [0.1, 0.15) is 35.2 Å². The Morgan fingerprint density at radius 2 is 1.68 bits per heavy atom. The van der Waals surface area contributed by atoms with E-state index in [-0.39, 0.29) is 5.78 Å². The molecule has 25 heavy (non-hydrogen) atoms. The van der Waals surface area contributed by atoms with Crippen molar-refractivity contribution in [1.29, 1.82) is 0 Å². The van der Waals surface area contributed by atoms with Crippen molar-refractivity contribution >= 4 is 11.9 Å². The summed E-state index contributed by atoms with van der Waals surface area (Å²) >= 11 is 0. The first-order valence-electron chi connectivity index (χ1n) is 9.04. The Morgan fingerprint density at radius 1 is 0.960 bits per heavy atom. The van der Waals surface area contributed by atoms with Gasteiger partial charge in [-0.3, -0.25) is 9.69 Å². The number of benzene rings is 2. The number of piperidine rings is 1. The Labute approximate surface area is 149 Å². The number of ether oxygens (including phenoxy) is 1. The summed E-state index contributed by atoms with van der Waals surface area (Å²) in [7, 11) is 0. The maximum Gasteiger partial charge on any atom is 0.185 e. The molecule has 1 aliphatic heterocycles. The first kappa shape index (κ1) is 17.4. The van der Waals surface area contributed by atoms with Crippen LogP contribution in [0, 0.1) is 0 Å². The van der Waals surface area contributed by atoms with E-state index in [1.807, 2.05) is 60.7 Å². The number of allylic oxidation sites excluding steroid dienone is 1. The molecule has 3 nitrogen and oxygen atoms in total. The van der Waals surface area contributed by atoms with Gasteiger partial charge in [0.25, 0.3) is 0 Å². The second-order valence-corrected chi connectivity index (χ2v) is 6.38. The van der Waals surface area contributed by atoms with E-state index in [1.54, 1.807) is 6.08 Å². The van der Waals surface area contributed by atoms with Gasteiger partial charge in [0.2, 0.25) is 0 Å². The summed E-state index contributed by atoms with van der Waals surface area (Å²) in [6.45, 7) is 4.11. The van der Waals surface area contributed by atoms with Crippen molar-refractivity contribution in [1.82, 2.24) is 4.90 Å². The first-order valence-corrected chi connectivity index (χ1v) is 9.04. The van der Waals surface area contributed by atoms with E-state index >= 15 is 0 Å². The van der Waals surface area contributed by atoms with Gasteiger partial charge in [0.15, 0.2) is 5.78 Å². The number of ketones is 1. The minimum absolute atomic E-state index is 0.0162. The molecular weight excluding hydrogens is 310 g/mol. The molecule has 0 saturated carbocycles. The molecule has 0 N–H and O–H groups in total. The van der Waals surface area contributed by atoms with Crippen LogP contribution < -0.4 is 4.74 Å². The predicted octanol–water partition coefficient (Wildman–Crippen LogP) is 4.45. The largest absolute Gasteiger partial charge is 0.492 e. The van der Waals surface area contributed by atoms with Gasteiger partial charge in [0.1, 0.15) is 12.4 Å². The van der Waals surface area contributed by atoms with Gasteiger partial charge in [-0.1, -0.05) is 55.0 Å². The lowest BCUT2D eigenvalue weighted by atomic mass is 10.1. The van der Waals surface area contributed by atoms with Crippen molar-refractivity contribution in [2.75, 3.05) is 26.2 Å². The standard InChI is InChI=1S/C22H25NO2/c24-22(20-7-3-1-4-8-20)14-11-19-9-12-21(13-10-19)25-18-17-23-15-5-2-6-16-23/h1,3-4,7-14H,2,5-6,15-18H2/b14-11+. The lowest BCUT2D eigenvalue weighted by Crippen LogP contribution is -2.33. The van der Waals surface area contributed by atoms with Gasteiger partial charge in [-0.05, 0) is 49.7 Å². The highest BCUT2D eigenvalue weighted by Crippen LogP contribution is 2.14. The fourth-order valence-electron chi connectivity index (χ4n) is 3.02. The van der Waals surface area contributed by atoms with Crippen LogP contribution in [-0.2, 0) is 0 Å². The first-order chi connectivity index (χ1) is 12.3. The van der Waals surface area contributed by atoms with Gasteiger partial charge in [0.05, 0.1) is 0 Å². The highest BCUT2D eigenvalue weighted by molar-refractivity contribution is 6.06. The van der Waals surface area contributed by atoms with Crippen LogP contribution in [0.3, 0.4) is 0 Å². The fraction of sp³-hybridized carbons (Fsp3) is 0.318. The Balaban J connectivity index is 1.46. The maximum atomic E-state index is 12.1. The van der Waals surface area contributed by atoms with Crippen molar-refractivity contribution in [2.45, 2.75) is 19.3 Å². The molecule has 130 valence electrons. The minimum atomic E-state index is 0.0162. The van der Waals surface area contributed by atoms with E-state index in [2.05, 4.69) is 4.90 Å². The molecule has 0 amide bonds. The summed E-state index contributed by atoms with van der Waals surface area (Å²) in [5.41, 5.74) is 1.70. The molecule has 2 aromatic carbocycles. The van der Waals surface area contributed by atoms with Gasteiger partial charge < -0.3 is 4.74 Å². The summed E-state index contributed by atoms with van der Waals surface area (Å²) in [6.07, 6.45) is 7.43. The molecule has 1 heterocycles. The third-order valence-corrected chi connectivity index (χ3v) is 4.49. The SMILES string of the molecule is O=C(/C=C/c1ccc(OCCN2CCCCC2)cc1)c1ccccc1. The number of nitrogens with zero attached hydrogens (tertiary/aromatic N) is 1. The monoisotopic (exact) mass is 335 g/mol. The molecule has 2 aromatic rings. The second-order valence-electron chi connectivity index (χ2n) is 6.38.